The molecule has 0 saturated heterocycles. The predicted molar refractivity (Wildman–Crippen MR) is 75.7 cm³/mol. The summed E-state index contributed by atoms with van der Waals surface area (Å²) in [5, 5.41) is 4.54. The quantitative estimate of drug-likeness (QED) is 0.844. The summed E-state index contributed by atoms with van der Waals surface area (Å²) < 4.78 is 1.85. The van der Waals surface area contributed by atoms with Crippen molar-refractivity contribution < 1.29 is 4.79 Å². The summed E-state index contributed by atoms with van der Waals surface area (Å²) in [7, 11) is 3.54. The molecule has 2 rings (SSSR count). The fourth-order valence-corrected chi connectivity index (χ4v) is 1.88. The number of aromatic nitrogens is 2. The second kappa shape index (κ2) is 5.69. The van der Waals surface area contributed by atoms with Gasteiger partial charge in [-0.2, -0.15) is 5.10 Å². The zero-order valence-electron chi connectivity index (χ0n) is 11.6. The summed E-state index contributed by atoms with van der Waals surface area (Å²) in [5.41, 5.74) is 2.03. The van der Waals surface area contributed by atoms with Crippen molar-refractivity contribution in [1.82, 2.24) is 14.7 Å². The number of amides is 1. The summed E-state index contributed by atoms with van der Waals surface area (Å²) >= 11 is 0. The third-order valence-corrected chi connectivity index (χ3v) is 3.10. The van der Waals surface area contributed by atoms with E-state index in [0.29, 0.717) is 6.42 Å². The molecular weight excluding hydrogens is 238 g/mol. The summed E-state index contributed by atoms with van der Waals surface area (Å²) in [6, 6.07) is 12.1. The molecule has 0 fully saturated rings. The first-order valence-electron chi connectivity index (χ1n) is 6.38. The molecular formula is C15H19N3O. The predicted octanol–water partition coefficient (Wildman–Crippen LogP) is 2.59. The summed E-state index contributed by atoms with van der Waals surface area (Å²) in [5.74, 6) is 0.115. The molecule has 1 heterocycles. The van der Waals surface area contributed by atoms with Crippen molar-refractivity contribution in [3.8, 4) is 11.3 Å². The van der Waals surface area contributed by atoms with Gasteiger partial charge < -0.3 is 4.90 Å². The summed E-state index contributed by atoms with van der Waals surface area (Å²) in [6.07, 6.45) is 2.39. The van der Waals surface area contributed by atoms with Gasteiger partial charge in [-0.1, -0.05) is 30.3 Å². The summed E-state index contributed by atoms with van der Waals surface area (Å²) in [6.45, 7) is 2.00. The lowest BCUT2D eigenvalue weighted by atomic mass is 10.2. The van der Waals surface area contributed by atoms with Gasteiger partial charge in [-0.05, 0) is 13.0 Å². The molecule has 1 amide bonds. The average molecular weight is 257 g/mol. The maximum atomic E-state index is 11.7. The monoisotopic (exact) mass is 257 g/mol. The van der Waals surface area contributed by atoms with Gasteiger partial charge in [0.25, 0.3) is 0 Å². The zero-order valence-corrected chi connectivity index (χ0v) is 11.6. The minimum Gasteiger partial charge on any atom is -0.349 e. The largest absolute Gasteiger partial charge is 0.349 e. The van der Waals surface area contributed by atoms with Crippen molar-refractivity contribution >= 4 is 5.91 Å². The van der Waals surface area contributed by atoms with Gasteiger partial charge in [0.05, 0.1) is 11.7 Å². The van der Waals surface area contributed by atoms with E-state index in [1.165, 1.54) is 0 Å². The van der Waals surface area contributed by atoms with Crippen LogP contribution < -0.4 is 0 Å². The van der Waals surface area contributed by atoms with E-state index >= 15 is 0 Å². The van der Waals surface area contributed by atoms with E-state index in [9.17, 15) is 4.79 Å². The fraction of sp³-hybridized carbons (Fsp3) is 0.333. The van der Waals surface area contributed by atoms with Crippen LogP contribution in [-0.4, -0.2) is 34.7 Å². The van der Waals surface area contributed by atoms with Crippen molar-refractivity contribution in [3.63, 3.8) is 0 Å². The van der Waals surface area contributed by atoms with E-state index in [2.05, 4.69) is 5.10 Å². The molecule has 0 N–H and O–H groups in total. The Labute approximate surface area is 113 Å². The van der Waals surface area contributed by atoms with Crippen LogP contribution in [0.4, 0.5) is 0 Å². The first-order chi connectivity index (χ1) is 9.08. The molecule has 0 aliphatic heterocycles. The molecule has 1 aromatic heterocycles. The Balaban J connectivity index is 2.11. The fourth-order valence-electron chi connectivity index (χ4n) is 1.88. The third kappa shape index (κ3) is 3.22. The number of nitrogens with zero attached hydrogens (tertiary/aromatic N) is 3. The molecule has 2 aromatic rings. The van der Waals surface area contributed by atoms with Crippen molar-refractivity contribution in [1.29, 1.82) is 0 Å². The first kappa shape index (κ1) is 13.3. The van der Waals surface area contributed by atoms with E-state index in [-0.39, 0.29) is 11.9 Å². The van der Waals surface area contributed by atoms with Gasteiger partial charge in [0.15, 0.2) is 0 Å². The maximum Gasteiger partial charge on any atom is 0.224 e. The standard InChI is InChI=1S/C15H19N3O/c1-12(11-15(19)17(2)3)18-10-9-14(16-18)13-7-5-4-6-8-13/h4-10,12H,11H2,1-3H3. The lowest BCUT2D eigenvalue weighted by molar-refractivity contribution is -0.129. The molecule has 1 aromatic carbocycles. The Morgan fingerprint density at radius 2 is 1.95 bits per heavy atom. The highest BCUT2D eigenvalue weighted by Crippen LogP contribution is 2.19. The van der Waals surface area contributed by atoms with E-state index in [1.54, 1.807) is 19.0 Å². The van der Waals surface area contributed by atoms with Crippen molar-refractivity contribution in [2.75, 3.05) is 14.1 Å². The van der Waals surface area contributed by atoms with Crippen LogP contribution in [0.15, 0.2) is 42.6 Å². The minimum absolute atomic E-state index is 0.0624. The van der Waals surface area contributed by atoms with Crippen LogP contribution in [0.25, 0.3) is 11.3 Å². The van der Waals surface area contributed by atoms with Gasteiger partial charge in [0.2, 0.25) is 5.91 Å². The molecule has 0 spiro atoms. The Bertz CT molecular complexity index is 546. The third-order valence-electron chi connectivity index (χ3n) is 3.10. The summed E-state index contributed by atoms with van der Waals surface area (Å²) in [4.78, 5) is 13.3. The molecule has 0 saturated carbocycles. The van der Waals surface area contributed by atoms with Crippen molar-refractivity contribution in [2.24, 2.45) is 0 Å². The molecule has 0 radical (unpaired) electrons. The lowest BCUT2D eigenvalue weighted by Gasteiger charge is -2.15. The van der Waals surface area contributed by atoms with Gasteiger partial charge in [-0.15, -0.1) is 0 Å². The van der Waals surface area contributed by atoms with E-state index < -0.39 is 0 Å². The first-order valence-corrected chi connectivity index (χ1v) is 6.38. The van der Waals surface area contributed by atoms with Gasteiger partial charge in [-0.25, -0.2) is 0 Å². The van der Waals surface area contributed by atoms with Crippen LogP contribution in [0.5, 0.6) is 0 Å². The van der Waals surface area contributed by atoms with E-state index in [0.717, 1.165) is 11.3 Å². The number of rotatable bonds is 4. The maximum absolute atomic E-state index is 11.7. The SMILES string of the molecule is CC(CC(=O)N(C)C)n1ccc(-c2ccccc2)n1. The molecule has 19 heavy (non-hydrogen) atoms. The Morgan fingerprint density at radius 3 is 2.58 bits per heavy atom. The van der Waals surface area contributed by atoms with Crippen molar-refractivity contribution in [3.05, 3.63) is 42.6 Å². The van der Waals surface area contributed by atoms with Gasteiger partial charge in [0.1, 0.15) is 0 Å². The molecule has 1 atom stereocenters. The molecule has 4 nitrogen and oxygen atoms in total. The molecule has 0 aliphatic rings. The van der Waals surface area contributed by atoms with Gasteiger partial charge in [0, 0.05) is 32.3 Å². The highest BCUT2D eigenvalue weighted by atomic mass is 16.2. The average Bonchev–Trinajstić information content (AvgIpc) is 2.89. The Morgan fingerprint density at radius 1 is 1.26 bits per heavy atom. The second-order valence-electron chi connectivity index (χ2n) is 4.89. The lowest BCUT2D eigenvalue weighted by Crippen LogP contribution is -2.24. The van der Waals surface area contributed by atoms with Crippen LogP contribution in [0.1, 0.15) is 19.4 Å². The Hall–Kier alpha value is -2.10. The van der Waals surface area contributed by atoms with Crippen LogP contribution in [0.3, 0.4) is 0 Å². The molecule has 100 valence electrons. The zero-order chi connectivity index (χ0) is 13.8. The number of hydrogen-bond acceptors (Lipinski definition) is 2. The number of hydrogen-bond donors (Lipinski definition) is 0. The van der Waals surface area contributed by atoms with Crippen LogP contribution >= 0.6 is 0 Å². The number of carbonyl (C=O) groups is 1. The molecule has 0 aliphatic carbocycles. The van der Waals surface area contributed by atoms with Crippen molar-refractivity contribution in [2.45, 2.75) is 19.4 Å². The molecule has 1 unspecified atom stereocenters. The van der Waals surface area contributed by atoms with Crippen LogP contribution in [0, 0.1) is 0 Å². The smallest absolute Gasteiger partial charge is 0.224 e. The highest BCUT2D eigenvalue weighted by Gasteiger charge is 2.13. The van der Waals surface area contributed by atoms with E-state index in [4.69, 9.17) is 0 Å². The van der Waals surface area contributed by atoms with Gasteiger partial charge >= 0.3 is 0 Å². The molecule has 4 heteroatoms. The molecule has 0 bridgehead atoms. The topological polar surface area (TPSA) is 38.1 Å². The normalized spacial score (nSPS) is 12.2. The van der Waals surface area contributed by atoms with Gasteiger partial charge in [-0.3, -0.25) is 9.48 Å². The van der Waals surface area contributed by atoms with Crippen LogP contribution in [-0.2, 0) is 4.79 Å². The highest BCUT2D eigenvalue weighted by molar-refractivity contribution is 5.75. The second-order valence-corrected chi connectivity index (χ2v) is 4.89. The number of benzene rings is 1. The van der Waals surface area contributed by atoms with E-state index in [1.807, 2.05) is 54.2 Å². The van der Waals surface area contributed by atoms with Crippen LogP contribution in [0.2, 0.25) is 0 Å². The minimum atomic E-state index is 0.0624. The number of carbonyl (C=O) groups excluding carboxylic acids is 1. The Kier molecular flexibility index (Phi) is 4.00.